The maximum Gasteiger partial charge on any atom is 0.411 e. The minimum atomic E-state index is -0.964. The van der Waals surface area contributed by atoms with E-state index < -0.39 is 23.9 Å². The van der Waals surface area contributed by atoms with E-state index in [-0.39, 0.29) is 12.5 Å². The Morgan fingerprint density at radius 2 is 1.58 bits per heavy atom. The molecule has 0 saturated carbocycles. The summed E-state index contributed by atoms with van der Waals surface area (Å²) >= 11 is 0. The number of hydrogen-bond acceptors (Lipinski definition) is 4. The Hall–Kier alpha value is -2.83. The van der Waals surface area contributed by atoms with Gasteiger partial charge in [-0.3, -0.25) is 14.9 Å². The zero-order chi connectivity index (χ0) is 17.5. The quantitative estimate of drug-likeness (QED) is 0.719. The summed E-state index contributed by atoms with van der Waals surface area (Å²) in [5, 5.41) is 14.5. The Morgan fingerprint density at radius 1 is 1.04 bits per heavy atom. The van der Waals surface area contributed by atoms with Gasteiger partial charge >= 0.3 is 12.1 Å². The van der Waals surface area contributed by atoms with Crippen LogP contribution in [0.4, 0.5) is 16.2 Å². The normalized spacial score (nSPS) is 19.4. The molecule has 0 saturated heterocycles. The molecule has 1 aliphatic carbocycles. The number of carbonyl (C=O) groups excluding carboxylic acids is 2. The van der Waals surface area contributed by atoms with Gasteiger partial charge < -0.3 is 15.2 Å². The highest BCUT2D eigenvalue weighted by atomic mass is 16.5. The third kappa shape index (κ3) is 4.58. The van der Waals surface area contributed by atoms with Gasteiger partial charge in [0.2, 0.25) is 5.91 Å². The number of anilines is 2. The zero-order valence-electron chi connectivity index (χ0n) is 13.3. The second-order valence-corrected chi connectivity index (χ2v) is 5.41. The van der Waals surface area contributed by atoms with E-state index in [0.29, 0.717) is 24.2 Å². The fourth-order valence-electron chi connectivity index (χ4n) is 2.53. The van der Waals surface area contributed by atoms with Gasteiger partial charge in [-0.25, -0.2) is 4.79 Å². The summed E-state index contributed by atoms with van der Waals surface area (Å²) in [5.74, 6) is -2.59. The Labute approximate surface area is 139 Å². The topological polar surface area (TPSA) is 105 Å². The van der Waals surface area contributed by atoms with E-state index in [1.165, 1.54) is 0 Å². The molecule has 7 nitrogen and oxygen atoms in total. The van der Waals surface area contributed by atoms with E-state index in [1.807, 2.05) is 6.08 Å². The molecule has 2 rings (SSSR count). The van der Waals surface area contributed by atoms with Crippen LogP contribution in [0, 0.1) is 11.8 Å². The van der Waals surface area contributed by atoms with E-state index in [4.69, 9.17) is 4.74 Å². The lowest BCUT2D eigenvalue weighted by atomic mass is 9.82. The van der Waals surface area contributed by atoms with Crippen molar-refractivity contribution < 1.29 is 24.2 Å². The van der Waals surface area contributed by atoms with Crippen LogP contribution in [0.1, 0.15) is 19.8 Å². The van der Waals surface area contributed by atoms with Crippen LogP contribution in [0.5, 0.6) is 0 Å². The number of carbonyl (C=O) groups is 3. The van der Waals surface area contributed by atoms with Crippen molar-refractivity contribution in [1.82, 2.24) is 0 Å². The average molecular weight is 332 g/mol. The zero-order valence-corrected chi connectivity index (χ0v) is 13.3. The van der Waals surface area contributed by atoms with Crippen molar-refractivity contribution in [3.63, 3.8) is 0 Å². The number of hydrogen-bond donors (Lipinski definition) is 3. The highest BCUT2D eigenvalue weighted by Crippen LogP contribution is 2.27. The molecule has 0 unspecified atom stereocenters. The van der Waals surface area contributed by atoms with E-state index in [9.17, 15) is 19.5 Å². The maximum absolute atomic E-state index is 12.3. The third-order valence-electron chi connectivity index (χ3n) is 3.76. The van der Waals surface area contributed by atoms with Crippen LogP contribution in [-0.4, -0.2) is 29.7 Å². The highest BCUT2D eigenvalue weighted by Gasteiger charge is 2.33. The lowest BCUT2D eigenvalue weighted by Gasteiger charge is -2.24. The summed E-state index contributed by atoms with van der Waals surface area (Å²) in [5.41, 5.74) is 1.07. The van der Waals surface area contributed by atoms with Gasteiger partial charge in [0.05, 0.1) is 18.4 Å². The van der Waals surface area contributed by atoms with Crippen molar-refractivity contribution in [2.45, 2.75) is 19.8 Å². The predicted molar refractivity (Wildman–Crippen MR) is 88.7 cm³/mol. The molecule has 0 aromatic heterocycles. The van der Waals surface area contributed by atoms with Gasteiger partial charge in [0, 0.05) is 11.4 Å². The van der Waals surface area contributed by atoms with Gasteiger partial charge in [-0.15, -0.1) is 0 Å². The van der Waals surface area contributed by atoms with Gasteiger partial charge in [0.25, 0.3) is 0 Å². The molecular formula is C17H20N2O5. The van der Waals surface area contributed by atoms with Crippen molar-refractivity contribution in [3.8, 4) is 0 Å². The number of carboxylic acid groups (broad SMARTS) is 1. The number of benzene rings is 1. The van der Waals surface area contributed by atoms with Crippen LogP contribution in [0.25, 0.3) is 0 Å². The van der Waals surface area contributed by atoms with Crippen LogP contribution in [0.3, 0.4) is 0 Å². The highest BCUT2D eigenvalue weighted by molar-refractivity contribution is 5.95. The van der Waals surface area contributed by atoms with Crippen LogP contribution < -0.4 is 10.6 Å². The molecule has 1 aromatic carbocycles. The SMILES string of the molecule is CCOC(=O)Nc1ccc(NC(=O)[C@@H]2CC=CC[C@H]2C(=O)O)cc1. The molecule has 0 bridgehead atoms. The van der Waals surface area contributed by atoms with E-state index in [0.717, 1.165) is 0 Å². The van der Waals surface area contributed by atoms with Gasteiger partial charge in [0.15, 0.2) is 0 Å². The van der Waals surface area contributed by atoms with Crippen LogP contribution in [0.15, 0.2) is 36.4 Å². The number of carboxylic acids is 1. The number of amides is 2. The Bertz CT molecular complexity index is 639. The number of rotatable bonds is 5. The number of aliphatic carboxylic acids is 1. The molecule has 1 aromatic rings. The fourth-order valence-corrected chi connectivity index (χ4v) is 2.53. The van der Waals surface area contributed by atoms with Gasteiger partial charge in [-0.1, -0.05) is 12.2 Å². The number of allylic oxidation sites excluding steroid dienone is 2. The standard InChI is InChI=1S/C17H20N2O5/c1-2-24-17(23)19-12-9-7-11(8-10-12)18-15(20)13-5-3-4-6-14(13)16(21)22/h3-4,7-10,13-14H,2,5-6H2,1H3,(H,18,20)(H,19,23)(H,21,22)/t13-,14-/m1/s1. The first-order chi connectivity index (χ1) is 11.5. The molecule has 2 amide bonds. The first kappa shape index (κ1) is 17.5. The predicted octanol–water partition coefficient (Wildman–Crippen LogP) is 2.86. The lowest BCUT2D eigenvalue weighted by molar-refractivity contribution is -0.146. The third-order valence-corrected chi connectivity index (χ3v) is 3.76. The van der Waals surface area contributed by atoms with E-state index in [1.54, 1.807) is 37.3 Å². The molecule has 0 radical (unpaired) electrons. The van der Waals surface area contributed by atoms with Crippen LogP contribution >= 0.6 is 0 Å². The summed E-state index contributed by atoms with van der Waals surface area (Å²) < 4.78 is 4.77. The monoisotopic (exact) mass is 332 g/mol. The molecule has 0 fully saturated rings. The lowest BCUT2D eigenvalue weighted by Crippen LogP contribution is -2.34. The largest absolute Gasteiger partial charge is 0.481 e. The minimum Gasteiger partial charge on any atom is -0.481 e. The van der Waals surface area contributed by atoms with Gasteiger partial charge in [-0.2, -0.15) is 0 Å². The first-order valence-corrected chi connectivity index (χ1v) is 7.73. The van der Waals surface area contributed by atoms with Crippen molar-refractivity contribution in [3.05, 3.63) is 36.4 Å². The molecule has 128 valence electrons. The molecule has 1 aliphatic rings. The van der Waals surface area contributed by atoms with Crippen molar-refractivity contribution in [2.75, 3.05) is 17.2 Å². The average Bonchev–Trinajstić information content (AvgIpc) is 2.56. The fraction of sp³-hybridized carbons (Fsp3) is 0.353. The summed E-state index contributed by atoms with van der Waals surface area (Å²) in [6.45, 7) is 1.99. The summed E-state index contributed by atoms with van der Waals surface area (Å²) in [7, 11) is 0. The Morgan fingerprint density at radius 3 is 2.12 bits per heavy atom. The van der Waals surface area contributed by atoms with Gasteiger partial charge in [0.1, 0.15) is 0 Å². The smallest absolute Gasteiger partial charge is 0.411 e. The number of nitrogens with one attached hydrogen (secondary N) is 2. The molecule has 24 heavy (non-hydrogen) atoms. The maximum atomic E-state index is 12.3. The van der Waals surface area contributed by atoms with Crippen LogP contribution in [0.2, 0.25) is 0 Å². The second kappa shape index (κ2) is 8.14. The molecule has 0 aliphatic heterocycles. The minimum absolute atomic E-state index is 0.278. The van der Waals surface area contributed by atoms with Crippen molar-refractivity contribution in [2.24, 2.45) is 11.8 Å². The van der Waals surface area contributed by atoms with Crippen molar-refractivity contribution >= 4 is 29.3 Å². The Kier molecular flexibility index (Phi) is 5.95. The summed E-state index contributed by atoms with van der Waals surface area (Å²) in [6.07, 6.45) is 3.84. The molecule has 3 N–H and O–H groups in total. The second-order valence-electron chi connectivity index (χ2n) is 5.41. The molecule has 0 spiro atoms. The molecule has 2 atom stereocenters. The summed E-state index contributed by atoms with van der Waals surface area (Å²) in [4.78, 5) is 34.9. The molecule has 7 heteroatoms. The van der Waals surface area contributed by atoms with E-state index >= 15 is 0 Å². The summed E-state index contributed by atoms with van der Waals surface area (Å²) in [6, 6.07) is 6.52. The number of ether oxygens (including phenoxy) is 1. The van der Waals surface area contributed by atoms with E-state index in [2.05, 4.69) is 10.6 Å². The molecule has 0 heterocycles. The van der Waals surface area contributed by atoms with Crippen molar-refractivity contribution in [1.29, 1.82) is 0 Å². The first-order valence-electron chi connectivity index (χ1n) is 7.73. The van der Waals surface area contributed by atoms with Gasteiger partial charge in [-0.05, 0) is 44.0 Å². The Balaban J connectivity index is 1.97. The van der Waals surface area contributed by atoms with Crippen LogP contribution in [-0.2, 0) is 14.3 Å². The molecular weight excluding hydrogens is 312 g/mol.